The van der Waals surface area contributed by atoms with Crippen LogP contribution in [-0.4, -0.2) is 17.0 Å². The Hall–Kier alpha value is -0.890. The first-order valence-corrected chi connectivity index (χ1v) is 8.76. The number of nitriles is 1. The van der Waals surface area contributed by atoms with Gasteiger partial charge in [0.25, 0.3) is 0 Å². The molecule has 0 spiro atoms. The lowest BCUT2D eigenvalue weighted by molar-refractivity contribution is 0.144. The second-order valence-electron chi connectivity index (χ2n) is 5.22. The predicted octanol–water partition coefficient (Wildman–Crippen LogP) is 5.21. The van der Waals surface area contributed by atoms with E-state index < -0.39 is 6.16 Å². The predicted molar refractivity (Wildman–Crippen MR) is 102 cm³/mol. The van der Waals surface area contributed by atoms with Crippen LogP contribution >= 0.6 is 45.2 Å². The van der Waals surface area contributed by atoms with Gasteiger partial charge < -0.3 is 9.84 Å². The zero-order valence-electron chi connectivity index (χ0n) is 12.6. The molecule has 0 radical (unpaired) electrons. The molecule has 0 heterocycles. The van der Waals surface area contributed by atoms with Gasteiger partial charge in [0.15, 0.2) is 5.75 Å². The van der Waals surface area contributed by atoms with E-state index in [1.165, 1.54) is 0 Å². The summed E-state index contributed by atoms with van der Waals surface area (Å²) < 4.78 is 5.94. The Bertz CT molecular complexity index is 652. The molecule has 0 aromatic heterocycles. The van der Waals surface area contributed by atoms with Crippen molar-refractivity contribution in [1.82, 2.24) is 0 Å². The zero-order valence-corrected chi connectivity index (χ0v) is 17.0. The molecular weight excluding hydrogens is 510 g/mol. The normalized spacial score (nSPS) is 10.5. The van der Waals surface area contributed by atoms with Gasteiger partial charge in [0.1, 0.15) is 6.07 Å². The molecule has 5 nitrogen and oxygen atoms in total. The van der Waals surface area contributed by atoms with E-state index >= 15 is 0 Å². The third-order valence-electron chi connectivity index (χ3n) is 2.88. The van der Waals surface area contributed by atoms with Crippen molar-refractivity contribution >= 4 is 62.7 Å². The number of nitrogens with zero attached hydrogens (tertiary/aromatic N) is 2. The summed E-state index contributed by atoms with van der Waals surface area (Å²) >= 11 is 3.93. The molecule has 0 bridgehead atoms. The average molecular weight is 526 g/mol. The van der Waals surface area contributed by atoms with Crippen LogP contribution in [0.2, 0.25) is 0 Å². The molecule has 0 aliphatic rings. The third kappa shape index (κ3) is 4.55. The molecule has 0 amide bonds. The van der Waals surface area contributed by atoms with Crippen molar-refractivity contribution in [1.29, 1.82) is 5.26 Å². The molecule has 0 saturated carbocycles. The van der Waals surface area contributed by atoms with Gasteiger partial charge in [0, 0.05) is 5.71 Å². The lowest BCUT2D eigenvalue weighted by Gasteiger charge is -2.16. The molecule has 0 saturated heterocycles. The molecule has 0 fully saturated rings. The Morgan fingerprint density at radius 3 is 2.27 bits per heavy atom. The summed E-state index contributed by atoms with van der Waals surface area (Å²) in [7, 11) is 0. The monoisotopic (exact) mass is 526 g/mol. The third-order valence-corrected chi connectivity index (χ3v) is 4.69. The van der Waals surface area contributed by atoms with Crippen molar-refractivity contribution in [2.24, 2.45) is 16.8 Å². The lowest BCUT2D eigenvalue weighted by atomic mass is 9.97. The van der Waals surface area contributed by atoms with E-state index in [2.05, 4.69) is 11.1 Å². The SMILES string of the molecule is CC(C)C(=Nc1c(C#N)cc(I)c(OC(=O)O)c1I)C(C)C. The lowest BCUT2D eigenvalue weighted by Crippen LogP contribution is -2.15. The molecule has 0 aliphatic heterocycles. The van der Waals surface area contributed by atoms with E-state index in [1.807, 2.05) is 72.9 Å². The fourth-order valence-electron chi connectivity index (χ4n) is 2.02. The van der Waals surface area contributed by atoms with E-state index in [4.69, 9.17) is 9.84 Å². The Labute approximate surface area is 157 Å². The first kappa shape index (κ1) is 19.2. The average Bonchev–Trinajstić information content (AvgIpc) is 2.40. The highest BCUT2D eigenvalue weighted by atomic mass is 127. The van der Waals surface area contributed by atoms with Crippen LogP contribution in [0.4, 0.5) is 10.5 Å². The number of rotatable bonds is 4. The van der Waals surface area contributed by atoms with Gasteiger partial charge in [-0.1, -0.05) is 27.7 Å². The molecule has 1 rings (SSSR count). The maximum atomic E-state index is 10.8. The number of hydrogen-bond donors (Lipinski definition) is 1. The van der Waals surface area contributed by atoms with Crippen molar-refractivity contribution in [3.05, 3.63) is 18.8 Å². The summed E-state index contributed by atoms with van der Waals surface area (Å²) in [6, 6.07) is 3.72. The van der Waals surface area contributed by atoms with E-state index in [0.29, 0.717) is 18.4 Å². The summed E-state index contributed by atoms with van der Waals surface area (Å²) in [4.78, 5) is 15.5. The maximum Gasteiger partial charge on any atom is 0.511 e. The van der Waals surface area contributed by atoms with Crippen LogP contribution in [0.5, 0.6) is 5.75 Å². The topological polar surface area (TPSA) is 82.7 Å². The molecule has 118 valence electrons. The summed E-state index contributed by atoms with van der Waals surface area (Å²) in [6.45, 7) is 8.16. The minimum atomic E-state index is -1.39. The van der Waals surface area contributed by atoms with E-state index in [0.717, 1.165) is 5.71 Å². The van der Waals surface area contributed by atoms with Crippen LogP contribution in [0.1, 0.15) is 33.3 Å². The minimum absolute atomic E-state index is 0.221. The van der Waals surface area contributed by atoms with Gasteiger partial charge in [0.2, 0.25) is 0 Å². The van der Waals surface area contributed by atoms with E-state index in [9.17, 15) is 10.1 Å². The smallest absolute Gasteiger partial charge is 0.449 e. The molecule has 1 N–H and O–H groups in total. The summed E-state index contributed by atoms with van der Waals surface area (Å²) in [6.07, 6.45) is -1.39. The van der Waals surface area contributed by atoms with E-state index in [-0.39, 0.29) is 17.6 Å². The minimum Gasteiger partial charge on any atom is -0.449 e. The number of benzene rings is 1. The zero-order chi connectivity index (χ0) is 17.0. The number of halogens is 2. The van der Waals surface area contributed by atoms with Crippen LogP contribution in [0.15, 0.2) is 11.1 Å². The first-order valence-electron chi connectivity index (χ1n) is 6.60. The summed E-state index contributed by atoms with van der Waals surface area (Å²) in [5, 5.41) is 18.2. The summed E-state index contributed by atoms with van der Waals surface area (Å²) in [5.74, 6) is 0.675. The fourth-order valence-corrected chi connectivity index (χ4v) is 4.04. The molecule has 22 heavy (non-hydrogen) atoms. The second-order valence-corrected chi connectivity index (χ2v) is 7.46. The van der Waals surface area contributed by atoms with Crippen molar-refractivity contribution in [2.45, 2.75) is 27.7 Å². The first-order chi connectivity index (χ1) is 10.2. The Balaban J connectivity index is 3.62. The van der Waals surface area contributed by atoms with Crippen LogP contribution in [0.3, 0.4) is 0 Å². The molecular formula is C15H16I2N2O3. The highest BCUT2D eigenvalue weighted by molar-refractivity contribution is 14.1. The second kappa shape index (κ2) is 8.10. The number of hydrogen-bond acceptors (Lipinski definition) is 4. The van der Waals surface area contributed by atoms with Gasteiger partial charge in [-0.2, -0.15) is 5.26 Å². The molecule has 0 unspecified atom stereocenters. The Kier molecular flexibility index (Phi) is 7.05. The Morgan fingerprint density at radius 1 is 1.32 bits per heavy atom. The largest absolute Gasteiger partial charge is 0.511 e. The fraction of sp³-hybridized carbons (Fsp3) is 0.400. The van der Waals surface area contributed by atoms with Gasteiger partial charge in [-0.3, -0.25) is 4.99 Å². The number of aliphatic imine (C=N–C) groups is 1. The van der Waals surface area contributed by atoms with Crippen LogP contribution in [0, 0.1) is 30.3 Å². The summed E-state index contributed by atoms with van der Waals surface area (Å²) in [5.41, 5.74) is 1.83. The molecule has 1 aromatic rings. The highest BCUT2D eigenvalue weighted by Crippen LogP contribution is 2.38. The Morgan fingerprint density at radius 2 is 1.86 bits per heavy atom. The van der Waals surface area contributed by atoms with E-state index in [1.54, 1.807) is 6.07 Å². The molecule has 7 heteroatoms. The van der Waals surface area contributed by atoms with Crippen molar-refractivity contribution in [3.8, 4) is 11.8 Å². The highest BCUT2D eigenvalue weighted by Gasteiger charge is 2.20. The maximum absolute atomic E-state index is 10.8. The van der Waals surface area contributed by atoms with Gasteiger partial charge in [0.05, 0.1) is 18.4 Å². The van der Waals surface area contributed by atoms with Crippen LogP contribution in [0.25, 0.3) is 0 Å². The van der Waals surface area contributed by atoms with Crippen molar-refractivity contribution < 1.29 is 14.6 Å². The van der Waals surface area contributed by atoms with Crippen LogP contribution in [-0.2, 0) is 0 Å². The molecule has 0 aliphatic carbocycles. The number of carboxylic acid groups (broad SMARTS) is 1. The van der Waals surface area contributed by atoms with Gasteiger partial charge in [-0.05, 0) is 63.1 Å². The van der Waals surface area contributed by atoms with Crippen molar-refractivity contribution in [3.63, 3.8) is 0 Å². The number of carbonyl (C=O) groups is 1. The van der Waals surface area contributed by atoms with Crippen molar-refractivity contribution in [2.75, 3.05) is 0 Å². The van der Waals surface area contributed by atoms with Crippen LogP contribution < -0.4 is 4.74 Å². The molecule has 0 atom stereocenters. The van der Waals surface area contributed by atoms with Gasteiger partial charge >= 0.3 is 6.16 Å². The number of ether oxygens (including phenoxy) is 1. The van der Waals surface area contributed by atoms with Gasteiger partial charge in [-0.25, -0.2) is 4.79 Å². The standard InChI is InChI=1S/C15H16I2N2O3/c1-7(2)12(8(3)4)19-13-9(6-18)5-10(16)14(11(13)17)22-15(20)21/h5,7-8H,1-4H3,(H,20,21). The quantitative estimate of drug-likeness (QED) is 0.253. The van der Waals surface area contributed by atoms with Gasteiger partial charge in [-0.15, -0.1) is 0 Å². The molecule has 1 aromatic carbocycles.